The molecule has 110 valence electrons. The van der Waals surface area contributed by atoms with Gasteiger partial charge in [0.25, 0.3) is 5.92 Å². The lowest BCUT2D eigenvalue weighted by molar-refractivity contribution is -0.123. The van der Waals surface area contributed by atoms with Crippen LogP contribution in [0.2, 0.25) is 0 Å². The van der Waals surface area contributed by atoms with Crippen LogP contribution >= 0.6 is 0 Å². The molecule has 0 heterocycles. The zero-order valence-corrected chi connectivity index (χ0v) is 10.5. The first-order valence-electron chi connectivity index (χ1n) is 5.78. The van der Waals surface area contributed by atoms with Crippen molar-refractivity contribution in [2.45, 2.75) is 5.92 Å². The van der Waals surface area contributed by atoms with Crippen molar-refractivity contribution in [2.75, 3.05) is 25.0 Å². The number of amides is 3. The first-order chi connectivity index (χ1) is 9.43. The number of hydrogen-bond donors (Lipinski definition) is 4. The summed E-state index contributed by atoms with van der Waals surface area (Å²) in [5, 5.41) is 14.9. The molecule has 0 radical (unpaired) electrons. The Bertz CT molecular complexity index is 455. The van der Waals surface area contributed by atoms with Gasteiger partial charge in [0.1, 0.15) is 6.61 Å². The molecule has 1 aromatic rings. The predicted molar refractivity (Wildman–Crippen MR) is 68.5 cm³/mol. The molecule has 3 amide bonds. The van der Waals surface area contributed by atoms with Gasteiger partial charge in [-0.25, -0.2) is 13.6 Å². The minimum atomic E-state index is -3.37. The summed E-state index contributed by atoms with van der Waals surface area (Å²) >= 11 is 0. The van der Waals surface area contributed by atoms with Gasteiger partial charge in [-0.15, -0.1) is 0 Å². The fourth-order valence-electron chi connectivity index (χ4n) is 1.20. The van der Waals surface area contributed by atoms with Gasteiger partial charge >= 0.3 is 6.03 Å². The van der Waals surface area contributed by atoms with Gasteiger partial charge in [-0.2, -0.15) is 0 Å². The quantitative estimate of drug-likeness (QED) is 0.616. The topological polar surface area (TPSA) is 90.5 Å². The number of anilines is 1. The van der Waals surface area contributed by atoms with Crippen molar-refractivity contribution in [3.8, 4) is 0 Å². The highest BCUT2D eigenvalue weighted by molar-refractivity contribution is 5.92. The molecule has 6 nitrogen and oxygen atoms in total. The maximum atomic E-state index is 12.6. The lowest BCUT2D eigenvalue weighted by Crippen LogP contribution is -2.44. The second-order valence-corrected chi connectivity index (χ2v) is 3.96. The Morgan fingerprint density at radius 1 is 1.15 bits per heavy atom. The van der Waals surface area contributed by atoms with E-state index in [0.717, 1.165) is 0 Å². The van der Waals surface area contributed by atoms with Crippen molar-refractivity contribution >= 4 is 17.6 Å². The summed E-state index contributed by atoms with van der Waals surface area (Å²) in [7, 11) is 0. The van der Waals surface area contributed by atoms with E-state index in [1.807, 2.05) is 5.32 Å². The van der Waals surface area contributed by atoms with E-state index in [9.17, 15) is 18.4 Å². The summed E-state index contributed by atoms with van der Waals surface area (Å²) < 4.78 is 25.3. The molecule has 0 unspecified atom stereocenters. The fourth-order valence-corrected chi connectivity index (χ4v) is 1.20. The van der Waals surface area contributed by atoms with Crippen LogP contribution in [0, 0.1) is 0 Å². The summed E-state index contributed by atoms with van der Waals surface area (Å²) in [4.78, 5) is 22.6. The molecule has 0 saturated carbocycles. The van der Waals surface area contributed by atoms with E-state index in [4.69, 9.17) is 5.11 Å². The van der Waals surface area contributed by atoms with E-state index in [0.29, 0.717) is 5.69 Å². The van der Waals surface area contributed by atoms with E-state index in [-0.39, 0.29) is 0 Å². The van der Waals surface area contributed by atoms with Crippen molar-refractivity contribution in [1.82, 2.24) is 10.6 Å². The van der Waals surface area contributed by atoms with Crippen LogP contribution in [0.15, 0.2) is 30.3 Å². The number of alkyl halides is 2. The molecule has 0 aliphatic rings. The maximum Gasteiger partial charge on any atom is 0.319 e. The zero-order chi connectivity index (χ0) is 15.0. The van der Waals surface area contributed by atoms with Gasteiger partial charge in [0.05, 0.1) is 13.1 Å². The van der Waals surface area contributed by atoms with Crippen LogP contribution in [-0.2, 0) is 4.79 Å². The Kier molecular flexibility index (Phi) is 5.85. The van der Waals surface area contributed by atoms with Crippen LogP contribution in [0.4, 0.5) is 19.3 Å². The molecule has 0 spiro atoms. The normalized spacial score (nSPS) is 10.8. The number of carbonyl (C=O) groups excluding carboxylic acids is 2. The Morgan fingerprint density at radius 2 is 1.80 bits per heavy atom. The molecular formula is C12H15F2N3O3. The molecule has 0 atom stereocenters. The van der Waals surface area contributed by atoms with Gasteiger partial charge in [0.15, 0.2) is 0 Å². The molecule has 1 rings (SSSR count). The molecule has 0 aromatic heterocycles. The number of carbonyl (C=O) groups is 2. The third kappa shape index (κ3) is 6.10. The number of aliphatic hydroxyl groups excluding tert-OH is 1. The van der Waals surface area contributed by atoms with Crippen LogP contribution in [0.5, 0.6) is 0 Å². The summed E-state index contributed by atoms with van der Waals surface area (Å²) in [6, 6.07) is 7.90. The lowest BCUT2D eigenvalue weighted by Gasteiger charge is -2.14. The molecule has 20 heavy (non-hydrogen) atoms. The van der Waals surface area contributed by atoms with Gasteiger partial charge < -0.3 is 21.1 Å². The fraction of sp³-hybridized carbons (Fsp3) is 0.333. The minimum Gasteiger partial charge on any atom is -0.390 e. The summed E-state index contributed by atoms with van der Waals surface area (Å²) in [5.74, 6) is -4.15. The monoisotopic (exact) mass is 287 g/mol. The number of rotatable bonds is 6. The van der Waals surface area contributed by atoms with Crippen LogP contribution in [0.1, 0.15) is 0 Å². The number of nitrogens with one attached hydrogen (secondary N) is 3. The number of halogens is 2. The average Bonchev–Trinajstić information content (AvgIpc) is 2.44. The van der Waals surface area contributed by atoms with E-state index < -0.39 is 37.6 Å². The zero-order valence-electron chi connectivity index (χ0n) is 10.5. The number of hydrogen-bond acceptors (Lipinski definition) is 3. The summed E-state index contributed by atoms with van der Waals surface area (Å²) in [6.45, 7) is -2.78. The molecule has 0 fully saturated rings. The average molecular weight is 287 g/mol. The van der Waals surface area contributed by atoms with Crippen LogP contribution in [-0.4, -0.2) is 42.7 Å². The van der Waals surface area contributed by atoms with Gasteiger partial charge in [-0.1, -0.05) is 18.2 Å². The molecule has 8 heteroatoms. The SMILES string of the molecule is O=C(CNC(=O)Nc1ccccc1)NCC(F)(F)CO. The smallest absolute Gasteiger partial charge is 0.319 e. The van der Waals surface area contributed by atoms with Crippen molar-refractivity contribution in [3.63, 3.8) is 0 Å². The largest absolute Gasteiger partial charge is 0.390 e. The second-order valence-electron chi connectivity index (χ2n) is 3.96. The summed E-state index contributed by atoms with van der Waals surface area (Å²) in [6.07, 6.45) is 0. The Balaban J connectivity index is 2.26. The van der Waals surface area contributed by atoms with E-state index in [1.54, 1.807) is 30.3 Å². The highest BCUT2D eigenvalue weighted by Crippen LogP contribution is 2.09. The maximum absolute atomic E-state index is 12.6. The second kappa shape index (κ2) is 7.39. The number of benzene rings is 1. The van der Waals surface area contributed by atoms with E-state index in [2.05, 4.69) is 10.6 Å². The molecule has 1 aromatic carbocycles. The van der Waals surface area contributed by atoms with Crippen molar-refractivity contribution in [3.05, 3.63) is 30.3 Å². The van der Waals surface area contributed by atoms with Gasteiger partial charge in [0.2, 0.25) is 5.91 Å². The standard InChI is InChI=1S/C12H15F2N3O3/c13-12(14,8-18)7-16-10(19)6-15-11(20)17-9-4-2-1-3-5-9/h1-5,18H,6-8H2,(H,16,19)(H2,15,17,20). The molecule has 0 aliphatic carbocycles. The molecule has 0 bridgehead atoms. The molecule has 0 aliphatic heterocycles. The van der Waals surface area contributed by atoms with E-state index in [1.165, 1.54) is 0 Å². The van der Waals surface area contributed by atoms with Gasteiger partial charge in [-0.3, -0.25) is 4.79 Å². The number of aliphatic hydroxyl groups is 1. The van der Waals surface area contributed by atoms with Crippen molar-refractivity contribution in [2.24, 2.45) is 0 Å². The molecule has 4 N–H and O–H groups in total. The Morgan fingerprint density at radius 3 is 2.40 bits per heavy atom. The lowest BCUT2D eigenvalue weighted by atomic mass is 10.3. The van der Waals surface area contributed by atoms with Crippen molar-refractivity contribution in [1.29, 1.82) is 0 Å². The minimum absolute atomic E-state index is 0.444. The molecule has 0 saturated heterocycles. The first kappa shape index (κ1) is 15.8. The third-order valence-corrected chi connectivity index (χ3v) is 2.22. The Labute approximate surface area is 114 Å². The number of urea groups is 1. The first-order valence-corrected chi connectivity index (χ1v) is 5.78. The summed E-state index contributed by atoms with van der Waals surface area (Å²) in [5.41, 5.74) is 0.539. The predicted octanol–water partition coefficient (Wildman–Crippen LogP) is 0.552. The van der Waals surface area contributed by atoms with Gasteiger partial charge in [0, 0.05) is 5.69 Å². The van der Waals surface area contributed by atoms with Crippen molar-refractivity contribution < 1.29 is 23.5 Å². The molecular weight excluding hydrogens is 272 g/mol. The highest BCUT2D eigenvalue weighted by Gasteiger charge is 2.28. The third-order valence-electron chi connectivity index (χ3n) is 2.22. The number of para-hydroxylation sites is 1. The van der Waals surface area contributed by atoms with Gasteiger partial charge in [-0.05, 0) is 12.1 Å². The van der Waals surface area contributed by atoms with Crippen LogP contribution in [0.3, 0.4) is 0 Å². The van der Waals surface area contributed by atoms with Crippen LogP contribution in [0.25, 0.3) is 0 Å². The van der Waals surface area contributed by atoms with E-state index >= 15 is 0 Å². The Hall–Kier alpha value is -2.22. The highest BCUT2D eigenvalue weighted by atomic mass is 19.3. The van der Waals surface area contributed by atoms with Crippen LogP contribution < -0.4 is 16.0 Å².